The van der Waals surface area contributed by atoms with Crippen LogP contribution in [0.5, 0.6) is 46.5 Å². The molecule has 16 nitrogen and oxygen atoms in total. The highest BCUT2D eigenvalue weighted by atomic mass is 16.5. The van der Waals surface area contributed by atoms with E-state index in [2.05, 4.69) is 41.8 Å². The number of fused-ring (bicyclic) bond motifs is 4. The molecule has 8 aromatic rings. The number of nitriles is 2. The lowest BCUT2D eigenvalue weighted by Crippen LogP contribution is -2.23. The van der Waals surface area contributed by atoms with E-state index in [4.69, 9.17) is 61.2 Å². The first-order valence-corrected chi connectivity index (χ1v) is 24.1. The summed E-state index contributed by atoms with van der Waals surface area (Å²) in [6.45, 7) is 25.0. The number of benzene rings is 4. The lowest BCUT2D eigenvalue weighted by Gasteiger charge is -2.07. The van der Waals surface area contributed by atoms with Gasteiger partial charge in [-0.15, -0.1) is 0 Å². The minimum absolute atomic E-state index is 0. The number of nitrogens with zero attached hydrogens (tertiary/aromatic N) is 8. The van der Waals surface area contributed by atoms with E-state index in [1.807, 2.05) is 100 Å². The largest absolute Gasteiger partial charge is 0.439 e. The summed E-state index contributed by atoms with van der Waals surface area (Å²) >= 11 is 0. The van der Waals surface area contributed by atoms with Gasteiger partial charge in [0.25, 0.3) is 5.82 Å². The second-order valence-electron chi connectivity index (χ2n) is 17.5. The maximum Gasteiger partial charge on any atom is 0.324 e. The van der Waals surface area contributed by atoms with E-state index in [0.717, 1.165) is 28.0 Å². The third-order valence-corrected chi connectivity index (χ3v) is 12.5. The highest BCUT2D eigenvalue weighted by Crippen LogP contribution is 2.28. The van der Waals surface area contributed by atoms with E-state index in [1.54, 1.807) is 67.0 Å². The average Bonchev–Trinajstić information content (AvgIpc) is 4.26. The van der Waals surface area contributed by atoms with Crippen molar-refractivity contribution in [1.82, 2.24) is 19.9 Å². The molecule has 4 aliphatic heterocycles. The van der Waals surface area contributed by atoms with Crippen molar-refractivity contribution >= 4 is 61.0 Å². The van der Waals surface area contributed by atoms with Crippen LogP contribution in [0, 0.1) is 35.8 Å². The average molecular weight is 1050 g/mol. The monoisotopic (exact) mass is 1050 g/mol. The Bertz CT molecular complexity index is 3470. The highest BCUT2D eigenvalue weighted by molar-refractivity contribution is 6.68. The van der Waals surface area contributed by atoms with E-state index in [9.17, 15) is 0 Å². The van der Waals surface area contributed by atoms with E-state index < -0.39 is 0 Å². The minimum Gasteiger partial charge on any atom is -0.439 e. The summed E-state index contributed by atoms with van der Waals surface area (Å²) in [7, 11) is 0. The zero-order valence-electron chi connectivity index (χ0n) is 41.8. The molecule has 0 saturated heterocycles. The number of aromatic nitrogens is 4. The Balaban J connectivity index is 0.000000168. The maximum atomic E-state index is 9.00. The zero-order valence-corrected chi connectivity index (χ0v) is 41.8. The molecule has 0 N–H and O–H groups in total. The van der Waals surface area contributed by atoms with Crippen LogP contribution in [0.25, 0.3) is 9.69 Å². The lowest BCUT2D eigenvalue weighted by atomic mass is 9.64. The van der Waals surface area contributed by atoms with Crippen LogP contribution in [0.2, 0.25) is 27.3 Å². The molecule has 4 aromatic heterocycles. The molecule has 79 heavy (non-hydrogen) atoms. The van der Waals surface area contributed by atoms with Gasteiger partial charge in [-0.2, -0.15) is 10.5 Å². The fraction of sp³-hybridized carbons (Fsp3) is 0.186. The van der Waals surface area contributed by atoms with Gasteiger partial charge in [0.2, 0.25) is 23.3 Å². The molecule has 392 valence electrons. The van der Waals surface area contributed by atoms with Gasteiger partial charge in [-0.25, -0.2) is 19.8 Å². The molecule has 0 amide bonds. The highest BCUT2D eigenvalue weighted by Gasteiger charge is 2.27. The van der Waals surface area contributed by atoms with E-state index in [1.165, 1.54) is 28.0 Å². The van der Waals surface area contributed by atoms with Crippen molar-refractivity contribution in [2.24, 2.45) is 0 Å². The van der Waals surface area contributed by atoms with E-state index >= 15 is 0 Å². The first kappa shape index (κ1) is 59.0. The molecular weight excluding hydrogens is 992 g/mol. The van der Waals surface area contributed by atoms with Crippen molar-refractivity contribution in [2.75, 3.05) is 0 Å². The molecule has 20 heteroatoms. The Labute approximate surface area is 464 Å². The normalized spacial score (nSPS) is 12.5. The van der Waals surface area contributed by atoms with Gasteiger partial charge in [0, 0.05) is 30.7 Å². The van der Waals surface area contributed by atoms with E-state index in [-0.39, 0.29) is 49.9 Å². The Kier molecular flexibility index (Phi) is 20.7. The Morgan fingerprint density at radius 3 is 1.43 bits per heavy atom. The molecule has 0 radical (unpaired) electrons. The summed E-state index contributed by atoms with van der Waals surface area (Å²) in [6.07, 6.45) is 4.67. The topological polar surface area (TPSA) is 182 Å². The number of hydrogen-bond donors (Lipinski definition) is 0. The van der Waals surface area contributed by atoms with Gasteiger partial charge in [0.1, 0.15) is 34.6 Å². The van der Waals surface area contributed by atoms with Gasteiger partial charge in [0.15, 0.2) is 0 Å². The quantitative estimate of drug-likeness (QED) is 0.103. The fourth-order valence-electron chi connectivity index (χ4n) is 8.47. The van der Waals surface area contributed by atoms with Crippen LogP contribution < -0.4 is 40.8 Å². The van der Waals surface area contributed by atoms with Gasteiger partial charge in [0.05, 0.1) is 44.6 Å². The van der Waals surface area contributed by atoms with Crippen molar-refractivity contribution in [3.63, 3.8) is 0 Å². The predicted molar refractivity (Wildman–Crippen MR) is 309 cm³/mol. The van der Waals surface area contributed by atoms with Crippen LogP contribution in [0.4, 0.5) is 11.5 Å². The number of rotatable bonds is 8. The molecule has 4 aromatic carbocycles. The maximum absolute atomic E-state index is 9.00. The summed E-state index contributed by atoms with van der Waals surface area (Å²) in [6, 6.07) is 42.8. The Hall–Kier alpha value is -9.26. The summed E-state index contributed by atoms with van der Waals surface area (Å²) in [5.74, 6) is 4.83. The summed E-state index contributed by atoms with van der Waals surface area (Å²) in [4.78, 5) is 22.9. The van der Waals surface area contributed by atoms with Crippen LogP contribution in [0.3, 0.4) is 0 Å². The number of ether oxygens (including phenoxy) is 4. The summed E-state index contributed by atoms with van der Waals surface area (Å²) in [5.41, 5.74) is 10.8. The molecule has 8 heterocycles. The third kappa shape index (κ3) is 14.8. The molecule has 0 unspecified atom stereocenters. The zero-order chi connectivity index (χ0) is 53.0. The number of hydrogen-bond acceptors (Lipinski definition) is 14. The Morgan fingerprint density at radius 1 is 0.481 bits per heavy atom. The summed E-state index contributed by atoms with van der Waals surface area (Å²) in [5, 5.41) is 17.8. The molecule has 0 saturated carbocycles. The second-order valence-corrected chi connectivity index (χ2v) is 17.5. The first-order chi connectivity index (χ1) is 37.1. The predicted octanol–water partition coefficient (Wildman–Crippen LogP) is 11.7. The lowest BCUT2D eigenvalue weighted by molar-refractivity contribution is 0.333. The second kappa shape index (κ2) is 27.7. The van der Waals surface area contributed by atoms with Crippen molar-refractivity contribution in [1.29, 1.82) is 10.5 Å². The van der Waals surface area contributed by atoms with Crippen molar-refractivity contribution < 1.29 is 37.6 Å². The van der Waals surface area contributed by atoms with Crippen molar-refractivity contribution in [3.8, 4) is 58.7 Å². The SMILES string of the molecule is C.C.C.CB1OCc2cc(Oc3cc(C#N)ccn3)ccc21.CB1OCc2cc(Oc3ncccc3C#N)ccc21.[C-]#[N+]c1ccc(Oc2ccc3c(c2)COB3C)nc1.[C-]#[N+]c1cccc(Oc2ccc3c(c2)COB3C)n1. The van der Waals surface area contributed by atoms with Gasteiger partial charge in [-0.3, -0.25) is 0 Å². The smallest absolute Gasteiger partial charge is 0.324 e. The molecule has 4 aliphatic rings. The van der Waals surface area contributed by atoms with Gasteiger partial charge < -0.3 is 42.4 Å². The summed E-state index contributed by atoms with van der Waals surface area (Å²) < 4.78 is 44.9. The molecule has 12 rings (SSSR count). The van der Waals surface area contributed by atoms with Crippen LogP contribution >= 0.6 is 0 Å². The third-order valence-electron chi connectivity index (χ3n) is 12.5. The standard InChI is InChI=1S/4C14H11BN2O2.3CH4/c1-15-13-5-4-12(7-10(13)9-18-15)19-14-6-3-11(16-2)8-17-14;1-15-12-7-6-11(8-10(12)9-18-15)19-14-5-3-4-13(16-2)17-14;1-15-13-3-2-12(7-11(13)9-18-15)19-14-6-10(8-16)4-5-17-14;1-15-13-5-4-12(7-11(13)9-18-15)19-14-10(8-16)3-2-6-17-14;;;/h2*3-8H,9H2,1H3;2*2-7H,9H2,1H3;3*1H4. The van der Waals surface area contributed by atoms with Crippen LogP contribution in [0.15, 0.2) is 146 Å². The molecule has 0 fully saturated rings. The number of pyridine rings is 4. The molecular formula is C59H56B4N8O8. The minimum atomic E-state index is 0. The van der Waals surface area contributed by atoms with Gasteiger partial charge >= 0.3 is 33.5 Å². The van der Waals surface area contributed by atoms with Gasteiger partial charge in [-0.1, -0.05) is 91.5 Å². The molecule has 0 spiro atoms. The van der Waals surface area contributed by atoms with Crippen LogP contribution in [0.1, 0.15) is 55.7 Å². The molecule has 0 bridgehead atoms. The van der Waals surface area contributed by atoms with Crippen LogP contribution in [-0.4, -0.2) is 47.6 Å². The van der Waals surface area contributed by atoms with Crippen LogP contribution in [-0.2, 0) is 45.0 Å². The Morgan fingerprint density at radius 2 is 0.975 bits per heavy atom. The van der Waals surface area contributed by atoms with Crippen molar-refractivity contribution in [3.05, 3.63) is 202 Å². The molecule has 0 atom stereocenters. The van der Waals surface area contributed by atoms with Gasteiger partial charge in [-0.05, 0) is 129 Å². The first-order valence-electron chi connectivity index (χ1n) is 24.1. The molecule has 0 aliphatic carbocycles. The van der Waals surface area contributed by atoms with E-state index in [0.29, 0.717) is 89.8 Å². The van der Waals surface area contributed by atoms with Crippen molar-refractivity contribution in [2.45, 2.75) is 76.0 Å². The fourth-order valence-corrected chi connectivity index (χ4v) is 8.47.